The lowest BCUT2D eigenvalue weighted by molar-refractivity contribution is 0.0706. The van der Waals surface area contributed by atoms with E-state index in [1.54, 1.807) is 6.26 Å². The second-order valence-corrected chi connectivity index (χ2v) is 6.17. The Bertz CT molecular complexity index is 387. The minimum Gasteiger partial charge on any atom is -0.469 e. The van der Waals surface area contributed by atoms with Gasteiger partial charge in [-0.25, -0.2) is 0 Å². The van der Waals surface area contributed by atoms with Crippen LogP contribution in [0.3, 0.4) is 0 Å². The molecule has 0 spiro atoms. The highest BCUT2D eigenvalue weighted by molar-refractivity contribution is 4.98. The number of β-amino-alcohol motifs (C(OH)–C–C–N with tert-alkyl or cyclic N) is 1. The Labute approximate surface area is 121 Å². The molecule has 0 aromatic carbocycles. The van der Waals surface area contributed by atoms with E-state index < -0.39 is 0 Å². The van der Waals surface area contributed by atoms with Crippen LogP contribution in [0.25, 0.3) is 0 Å². The second-order valence-electron chi connectivity index (χ2n) is 6.17. The van der Waals surface area contributed by atoms with Crippen LogP contribution in [0.2, 0.25) is 0 Å². The van der Waals surface area contributed by atoms with Crippen LogP contribution >= 0.6 is 0 Å². The molecule has 4 heteroatoms. The van der Waals surface area contributed by atoms with Gasteiger partial charge in [-0.05, 0) is 51.0 Å². The van der Waals surface area contributed by atoms with E-state index >= 15 is 0 Å². The zero-order valence-corrected chi connectivity index (χ0v) is 12.2. The molecule has 112 valence electrons. The third kappa shape index (κ3) is 3.43. The summed E-state index contributed by atoms with van der Waals surface area (Å²) in [6, 6.07) is 4.34. The number of piperidine rings is 1. The first-order chi connectivity index (χ1) is 9.83. The van der Waals surface area contributed by atoms with Crippen LogP contribution in [0.4, 0.5) is 0 Å². The van der Waals surface area contributed by atoms with Crippen LogP contribution in [-0.2, 0) is 6.42 Å². The molecule has 4 nitrogen and oxygen atoms in total. The summed E-state index contributed by atoms with van der Waals surface area (Å²) in [5.74, 6) is 1.07. The van der Waals surface area contributed by atoms with Crippen LogP contribution in [0, 0.1) is 0 Å². The maximum Gasteiger partial charge on any atom is 0.103 e. The van der Waals surface area contributed by atoms with Crippen molar-refractivity contribution in [3.63, 3.8) is 0 Å². The van der Waals surface area contributed by atoms with Crippen LogP contribution < -0.4 is 0 Å². The van der Waals surface area contributed by atoms with E-state index in [1.165, 1.54) is 32.4 Å². The van der Waals surface area contributed by atoms with Crippen LogP contribution in [0.1, 0.15) is 31.4 Å². The summed E-state index contributed by atoms with van der Waals surface area (Å²) in [7, 11) is 0. The summed E-state index contributed by atoms with van der Waals surface area (Å²) in [5, 5.41) is 10.3. The van der Waals surface area contributed by atoms with Crippen molar-refractivity contribution in [2.75, 3.05) is 32.7 Å². The molecule has 2 atom stereocenters. The molecule has 2 aliphatic rings. The van der Waals surface area contributed by atoms with E-state index in [0.717, 1.165) is 38.2 Å². The van der Waals surface area contributed by atoms with Gasteiger partial charge in [0.25, 0.3) is 0 Å². The van der Waals surface area contributed by atoms with Crippen LogP contribution in [-0.4, -0.2) is 59.8 Å². The van der Waals surface area contributed by atoms with E-state index in [2.05, 4.69) is 9.80 Å². The number of aliphatic hydroxyl groups is 1. The third-order valence-electron chi connectivity index (χ3n) is 4.67. The van der Waals surface area contributed by atoms with Crippen LogP contribution in [0.15, 0.2) is 22.8 Å². The molecule has 3 rings (SSSR count). The molecule has 1 aromatic rings. The first-order valence-electron chi connectivity index (χ1n) is 8.00. The van der Waals surface area contributed by atoms with E-state index in [0.29, 0.717) is 6.04 Å². The Morgan fingerprint density at radius 3 is 2.80 bits per heavy atom. The average molecular weight is 278 g/mol. The zero-order valence-electron chi connectivity index (χ0n) is 12.2. The summed E-state index contributed by atoms with van der Waals surface area (Å²) >= 11 is 0. The molecule has 0 bridgehead atoms. The van der Waals surface area contributed by atoms with Gasteiger partial charge >= 0.3 is 0 Å². The Kier molecular flexibility index (Phi) is 4.76. The van der Waals surface area contributed by atoms with Gasteiger partial charge in [0.05, 0.1) is 12.4 Å². The fraction of sp³-hybridized carbons (Fsp3) is 0.750. The van der Waals surface area contributed by atoms with Gasteiger partial charge in [0.15, 0.2) is 0 Å². The van der Waals surface area contributed by atoms with Gasteiger partial charge in [-0.3, -0.25) is 9.80 Å². The molecule has 3 heterocycles. The number of aryl methyl sites for hydroxylation is 1. The topological polar surface area (TPSA) is 39.9 Å². The highest BCUT2D eigenvalue weighted by Gasteiger charge is 2.35. The van der Waals surface area contributed by atoms with Crippen molar-refractivity contribution < 1.29 is 9.52 Å². The SMILES string of the molecule is O[C@@H]1CN(CCCc2ccco2)C[C@H]1N1CCCCC1. The Hall–Kier alpha value is -0.840. The normalized spacial score (nSPS) is 29.1. The molecular weight excluding hydrogens is 252 g/mol. The summed E-state index contributed by atoms with van der Waals surface area (Å²) in [6.45, 7) is 5.25. The molecule has 2 aliphatic heterocycles. The van der Waals surface area contributed by atoms with E-state index in [1.807, 2.05) is 12.1 Å². The molecule has 0 amide bonds. The second kappa shape index (κ2) is 6.74. The first-order valence-corrected chi connectivity index (χ1v) is 8.00. The maximum atomic E-state index is 10.3. The Morgan fingerprint density at radius 2 is 2.05 bits per heavy atom. The van der Waals surface area contributed by atoms with Crippen molar-refractivity contribution in [2.45, 2.75) is 44.2 Å². The molecule has 1 aromatic heterocycles. The Balaban J connectivity index is 1.43. The quantitative estimate of drug-likeness (QED) is 0.890. The standard InChI is InChI=1S/C16H26N2O2/c19-16-13-17(8-4-6-14-7-5-11-20-14)12-15(16)18-9-2-1-3-10-18/h5,7,11,15-16,19H,1-4,6,8-10,12-13H2/t15-,16-/m1/s1. The highest BCUT2D eigenvalue weighted by Crippen LogP contribution is 2.21. The Morgan fingerprint density at radius 1 is 1.20 bits per heavy atom. The number of furan rings is 1. The zero-order chi connectivity index (χ0) is 13.8. The predicted octanol–water partition coefficient (Wildman–Crippen LogP) is 1.74. The van der Waals surface area contributed by atoms with Crippen molar-refractivity contribution in [1.29, 1.82) is 0 Å². The van der Waals surface area contributed by atoms with Gasteiger partial charge in [0.2, 0.25) is 0 Å². The van der Waals surface area contributed by atoms with Gasteiger partial charge in [-0.1, -0.05) is 6.42 Å². The minimum atomic E-state index is -0.170. The largest absolute Gasteiger partial charge is 0.469 e. The molecule has 2 saturated heterocycles. The number of rotatable bonds is 5. The highest BCUT2D eigenvalue weighted by atomic mass is 16.3. The van der Waals surface area contributed by atoms with Gasteiger partial charge in [0.1, 0.15) is 5.76 Å². The number of aliphatic hydroxyl groups excluding tert-OH is 1. The maximum absolute atomic E-state index is 10.3. The lowest BCUT2D eigenvalue weighted by atomic mass is 10.1. The lowest BCUT2D eigenvalue weighted by Crippen LogP contribution is -2.45. The van der Waals surface area contributed by atoms with Crippen molar-refractivity contribution in [1.82, 2.24) is 9.80 Å². The van der Waals surface area contributed by atoms with Crippen molar-refractivity contribution in [2.24, 2.45) is 0 Å². The molecule has 0 aliphatic carbocycles. The van der Waals surface area contributed by atoms with E-state index in [4.69, 9.17) is 4.42 Å². The van der Waals surface area contributed by atoms with Crippen molar-refractivity contribution >= 4 is 0 Å². The van der Waals surface area contributed by atoms with Crippen LogP contribution in [0.5, 0.6) is 0 Å². The summed E-state index contributed by atoms with van der Waals surface area (Å²) < 4.78 is 5.36. The number of likely N-dealkylation sites (tertiary alicyclic amines) is 2. The van der Waals surface area contributed by atoms with Gasteiger partial charge < -0.3 is 9.52 Å². The molecule has 1 N–H and O–H groups in total. The average Bonchev–Trinajstić information content (AvgIpc) is 3.10. The van der Waals surface area contributed by atoms with E-state index in [-0.39, 0.29) is 6.10 Å². The fourth-order valence-corrected chi connectivity index (χ4v) is 3.57. The lowest BCUT2D eigenvalue weighted by Gasteiger charge is -2.33. The first kappa shape index (κ1) is 14.1. The third-order valence-corrected chi connectivity index (χ3v) is 4.67. The number of hydrogen-bond acceptors (Lipinski definition) is 4. The fourth-order valence-electron chi connectivity index (χ4n) is 3.57. The minimum absolute atomic E-state index is 0.170. The summed E-state index contributed by atoms with van der Waals surface area (Å²) in [4.78, 5) is 4.91. The molecule has 20 heavy (non-hydrogen) atoms. The smallest absolute Gasteiger partial charge is 0.103 e. The molecule has 0 radical (unpaired) electrons. The summed E-state index contributed by atoms with van der Waals surface area (Å²) in [6.07, 6.45) is 7.61. The van der Waals surface area contributed by atoms with Crippen molar-refractivity contribution in [3.8, 4) is 0 Å². The van der Waals surface area contributed by atoms with Gasteiger partial charge in [0, 0.05) is 25.6 Å². The van der Waals surface area contributed by atoms with Crippen molar-refractivity contribution in [3.05, 3.63) is 24.2 Å². The van der Waals surface area contributed by atoms with E-state index in [9.17, 15) is 5.11 Å². The molecular formula is C16H26N2O2. The predicted molar refractivity (Wildman–Crippen MR) is 78.7 cm³/mol. The number of hydrogen-bond donors (Lipinski definition) is 1. The molecule has 0 saturated carbocycles. The van der Waals surface area contributed by atoms with Gasteiger partial charge in [-0.15, -0.1) is 0 Å². The molecule has 2 fully saturated rings. The number of nitrogens with zero attached hydrogens (tertiary/aromatic N) is 2. The summed E-state index contributed by atoms with van der Waals surface area (Å²) in [5.41, 5.74) is 0. The molecule has 0 unspecified atom stereocenters. The van der Waals surface area contributed by atoms with Gasteiger partial charge in [-0.2, -0.15) is 0 Å². The monoisotopic (exact) mass is 278 g/mol.